The van der Waals surface area contributed by atoms with E-state index < -0.39 is 0 Å². The lowest BCUT2D eigenvalue weighted by molar-refractivity contribution is 0.333. The number of thiophene rings is 1. The van der Waals surface area contributed by atoms with Crippen molar-refractivity contribution in [2.24, 2.45) is 0 Å². The second kappa shape index (κ2) is 7.62. The van der Waals surface area contributed by atoms with Crippen LogP contribution in [0.5, 0.6) is 5.75 Å². The highest BCUT2D eigenvalue weighted by molar-refractivity contribution is 7.12. The van der Waals surface area contributed by atoms with Crippen molar-refractivity contribution in [1.82, 2.24) is 5.32 Å². The van der Waals surface area contributed by atoms with E-state index in [0.717, 1.165) is 18.7 Å². The summed E-state index contributed by atoms with van der Waals surface area (Å²) in [5, 5.41) is 3.67. The van der Waals surface area contributed by atoms with Crippen LogP contribution in [0.25, 0.3) is 0 Å². The topological polar surface area (TPSA) is 21.3 Å². The molecule has 0 aliphatic rings. The van der Waals surface area contributed by atoms with Crippen LogP contribution in [0.4, 0.5) is 0 Å². The van der Waals surface area contributed by atoms with Gasteiger partial charge in [-0.2, -0.15) is 0 Å². The maximum Gasteiger partial charge on any atom is 0.124 e. The molecule has 2 rings (SSSR count). The molecule has 1 aromatic heterocycles. The lowest BCUT2D eigenvalue weighted by atomic mass is 10.0. The Morgan fingerprint density at radius 2 is 1.95 bits per heavy atom. The van der Waals surface area contributed by atoms with Crippen molar-refractivity contribution in [3.63, 3.8) is 0 Å². The Balaban J connectivity index is 2.40. The minimum Gasteiger partial charge on any atom is -0.494 e. The van der Waals surface area contributed by atoms with Gasteiger partial charge in [-0.25, -0.2) is 0 Å². The number of aryl methyl sites for hydroxylation is 2. The van der Waals surface area contributed by atoms with Crippen molar-refractivity contribution in [3.8, 4) is 5.75 Å². The van der Waals surface area contributed by atoms with E-state index in [1.54, 1.807) is 0 Å². The van der Waals surface area contributed by atoms with Gasteiger partial charge in [-0.3, -0.25) is 0 Å². The molecule has 0 aliphatic heterocycles. The van der Waals surface area contributed by atoms with Gasteiger partial charge in [0.05, 0.1) is 12.6 Å². The highest BCUT2D eigenvalue weighted by atomic mass is 32.1. The van der Waals surface area contributed by atoms with E-state index in [2.05, 4.69) is 50.4 Å². The molecular formula is C18H25NOS. The molecule has 3 heteroatoms. The molecule has 1 atom stereocenters. The third kappa shape index (κ3) is 3.86. The van der Waals surface area contributed by atoms with Gasteiger partial charge in [-0.05, 0) is 51.4 Å². The summed E-state index contributed by atoms with van der Waals surface area (Å²) in [5.74, 6) is 0.984. The third-order valence-electron chi connectivity index (χ3n) is 3.60. The number of benzene rings is 1. The van der Waals surface area contributed by atoms with Crippen LogP contribution in [-0.4, -0.2) is 13.2 Å². The number of para-hydroxylation sites is 1. The van der Waals surface area contributed by atoms with E-state index in [9.17, 15) is 0 Å². The zero-order chi connectivity index (χ0) is 15.2. The predicted octanol–water partition coefficient (Wildman–Crippen LogP) is 4.85. The van der Waals surface area contributed by atoms with E-state index in [4.69, 9.17) is 4.74 Å². The number of ether oxygens (including phenoxy) is 1. The van der Waals surface area contributed by atoms with E-state index in [-0.39, 0.29) is 6.04 Å². The second-order valence-corrected chi connectivity index (χ2v) is 6.53. The first kappa shape index (κ1) is 16.1. The number of hydrogen-bond donors (Lipinski definition) is 1. The van der Waals surface area contributed by atoms with E-state index in [0.29, 0.717) is 6.61 Å². The van der Waals surface area contributed by atoms with Crippen molar-refractivity contribution < 1.29 is 4.74 Å². The fourth-order valence-corrected chi connectivity index (χ4v) is 3.54. The minimum atomic E-state index is 0.213. The molecule has 1 heterocycles. The van der Waals surface area contributed by atoms with Crippen molar-refractivity contribution in [2.75, 3.05) is 13.2 Å². The van der Waals surface area contributed by atoms with Crippen LogP contribution in [-0.2, 0) is 0 Å². The largest absolute Gasteiger partial charge is 0.494 e. The minimum absolute atomic E-state index is 0.213. The van der Waals surface area contributed by atoms with Gasteiger partial charge in [0.25, 0.3) is 0 Å². The average molecular weight is 303 g/mol. The van der Waals surface area contributed by atoms with Gasteiger partial charge in [-0.1, -0.05) is 25.1 Å². The van der Waals surface area contributed by atoms with Crippen LogP contribution in [0, 0.1) is 13.8 Å². The lowest BCUT2D eigenvalue weighted by Gasteiger charge is -2.20. The molecule has 2 aromatic rings. The smallest absolute Gasteiger partial charge is 0.124 e. The van der Waals surface area contributed by atoms with Crippen molar-refractivity contribution in [1.29, 1.82) is 0 Å². The van der Waals surface area contributed by atoms with Crippen LogP contribution >= 0.6 is 11.3 Å². The first-order chi connectivity index (χ1) is 10.2. The summed E-state index contributed by atoms with van der Waals surface area (Å²) < 4.78 is 5.82. The molecule has 0 bridgehead atoms. The summed E-state index contributed by atoms with van der Waals surface area (Å²) in [7, 11) is 0. The van der Waals surface area contributed by atoms with Gasteiger partial charge in [0.15, 0.2) is 0 Å². The van der Waals surface area contributed by atoms with Gasteiger partial charge in [0.2, 0.25) is 0 Å². The molecule has 0 saturated carbocycles. The van der Waals surface area contributed by atoms with Crippen LogP contribution in [0.15, 0.2) is 30.3 Å². The summed E-state index contributed by atoms with van der Waals surface area (Å²) in [6.07, 6.45) is 1.12. The van der Waals surface area contributed by atoms with E-state index in [1.165, 1.54) is 20.9 Å². The van der Waals surface area contributed by atoms with Crippen LogP contribution < -0.4 is 10.1 Å². The molecule has 21 heavy (non-hydrogen) atoms. The number of nitrogens with one attached hydrogen (secondary N) is 1. The van der Waals surface area contributed by atoms with Crippen molar-refractivity contribution in [2.45, 2.75) is 40.2 Å². The van der Waals surface area contributed by atoms with Gasteiger partial charge in [0, 0.05) is 15.3 Å². The first-order valence-corrected chi connectivity index (χ1v) is 8.51. The first-order valence-electron chi connectivity index (χ1n) is 7.69. The Hall–Kier alpha value is -1.32. The Bertz CT molecular complexity index is 557. The highest BCUT2D eigenvalue weighted by Gasteiger charge is 2.19. The van der Waals surface area contributed by atoms with Gasteiger partial charge < -0.3 is 10.1 Å². The molecule has 0 saturated heterocycles. The quantitative estimate of drug-likeness (QED) is 0.789. The normalized spacial score (nSPS) is 12.4. The molecule has 0 aliphatic carbocycles. The predicted molar refractivity (Wildman–Crippen MR) is 91.5 cm³/mol. The Kier molecular flexibility index (Phi) is 5.83. The number of rotatable bonds is 7. The second-order valence-electron chi connectivity index (χ2n) is 5.25. The van der Waals surface area contributed by atoms with E-state index >= 15 is 0 Å². The standard InChI is InChI=1S/C18H25NOS/c1-5-11-19-18(17-12-13(3)14(4)21-17)15-9-7-8-10-16(15)20-6-2/h7-10,12,18-19H,5-6,11H2,1-4H3. The maximum atomic E-state index is 5.82. The van der Waals surface area contributed by atoms with Crippen LogP contribution in [0.3, 0.4) is 0 Å². The number of hydrogen-bond acceptors (Lipinski definition) is 3. The van der Waals surface area contributed by atoms with Gasteiger partial charge in [0.1, 0.15) is 5.75 Å². The Morgan fingerprint density at radius 3 is 2.57 bits per heavy atom. The van der Waals surface area contributed by atoms with Crippen LogP contribution in [0.2, 0.25) is 0 Å². The summed E-state index contributed by atoms with van der Waals surface area (Å²) in [6, 6.07) is 10.9. The molecule has 114 valence electrons. The molecule has 0 fully saturated rings. The van der Waals surface area contributed by atoms with Gasteiger partial charge in [-0.15, -0.1) is 11.3 Å². The molecule has 1 unspecified atom stereocenters. The fourth-order valence-electron chi connectivity index (χ4n) is 2.40. The van der Waals surface area contributed by atoms with E-state index in [1.807, 2.05) is 24.3 Å². The molecule has 0 radical (unpaired) electrons. The SMILES string of the molecule is CCCNC(c1cc(C)c(C)s1)c1ccccc1OCC. The summed E-state index contributed by atoms with van der Waals surface area (Å²) >= 11 is 1.88. The van der Waals surface area contributed by atoms with Crippen LogP contribution in [0.1, 0.15) is 47.2 Å². The summed E-state index contributed by atoms with van der Waals surface area (Å²) in [5.41, 5.74) is 2.60. The summed E-state index contributed by atoms with van der Waals surface area (Å²) in [4.78, 5) is 2.76. The molecule has 1 aromatic carbocycles. The Morgan fingerprint density at radius 1 is 1.19 bits per heavy atom. The molecule has 2 nitrogen and oxygen atoms in total. The average Bonchev–Trinajstić information content (AvgIpc) is 2.81. The highest BCUT2D eigenvalue weighted by Crippen LogP contribution is 2.35. The summed E-state index contributed by atoms with van der Waals surface area (Å²) in [6.45, 7) is 10.3. The maximum absolute atomic E-state index is 5.82. The lowest BCUT2D eigenvalue weighted by Crippen LogP contribution is -2.23. The molecule has 0 amide bonds. The monoisotopic (exact) mass is 303 g/mol. The van der Waals surface area contributed by atoms with Gasteiger partial charge >= 0.3 is 0 Å². The molecular weight excluding hydrogens is 278 g/mol. The fraction of sp³-hybridized carbons (Fsp3) is 0.444. The molecule has 0 spiro atoms. The zero-order valence-corrected chi connectivity index (χ0v) is 14.2. The third-order valence-corrected chi connectivity index (χ3v) is 4.82. The van der Waals surface area contributed by atoms with Crippen molar-refractivity contribution in [3.05, 3.63) is 51.2 Å². The van der Waals surface area contributed by atoms with Crippen molar-refractivity contribution >= 4 is 11.3 Å². The Labute approximate surface area is 132 Å². The zero-order valence-electron chi connectivity index (χ0n) is 13.4. The molecule has 1 N–H and O–H groups in total.